The molecule has 7 nitrogen and oxygen atoms in total. The van der Waals surface area contributed by atoms with Crippen molar-refractivity contribution in [3.63, 3.8) is 0 Å². The van der Waals surface area contributed by atoms with Crippen LogP contribution in [0.15, 0.2) is 54.9 Å². The van der Waals surface area contributed by atoms with Gasteiger partial charge in [-0.1, -0.05) is 36.4 Å². The lowest BCUT2D eigenvalue weighted by Gasteiger charge is -2.25. The van der Waals surface area contributed by atoms with Crippen LogP contribution in [0.25, 0.3) is 0 Å². The van der Waals surface area contributed by atoms with Gasteiger partial charge in [0.25, 0.3) is 5.91 Å². The molecule has 1 fully saturated rings. The number of benzene rings is 1. The van der Waals surface area contributed by atoms with Crippen LogP contribution in [0, 0.1) is 0 Å². The van der Waals surface area contributed by atoms with Gasteiger partial charge in [-0.25, -0.2) is 4.79 Å². The summed E-state index contributed by atoms with van der Waals surface area (Å²) in [6.45, 7) is 0.931. The molecule has 7 heteroatoms. The van der Waals surface area contributed by atoms with E-state index in [4.69, 9.17) is 0 Å². The van der Waals surface area contributed by atoms with Crippen molar-refractivity contribution in [1.82, 2.24) is 19.7 Å². The van der Waals surface area contributed by atoms with Gasteiger partial charge in [-0.3, -0.25) is 19.5 Å². The molecule has 1 aliphatic rings. The van der Waals surface area contributed by atoms with E-state index in [1.165, 1.54) is 11.9 Å². The number of likely N-dealkylation sites (N-methyl/N-ethyl adjacent to an activating group) is 2. The van der Waals surface area contributed by atoms with Gasteiger partial charge in [-0.15, -0.1) is 0 Å². The van der Waals surface area contributed by atoms with E-state index in [2.05, 4.69) is 4.98 Å². The van der Waals surface area contributed by atoms with E-state index in [1.54, 1.807) is 24.3 Å². The Morgan fingerprint density at radius 1 is 1.07 bits per heavy atom. The molecule has 1 atom stereocenters. The minimum Gasteiger partial charge on any atom is -0.338 e. The minimum absolute atomic E-state index is 0.0273. The van der Waals surface area contributed by atoms with Crippen molar-refractivity contribution in [3.05, 3.63) is 66.0 Å². The summed E-state index contributed by atoms with van der Waals surface area (Å²) in [7, 11) is 2.99. The molecule has 0 N–H and O–H groups in total. The molecule has 0 unspecified atom stereocenters. The van der Waals surface area contributed by atoms with E-state index in [0.29, 0.717) is 19.5 Å². The van der Waals surface area contributed by atoms with Gasteiger partial charge in [-0.2, -0.15) is 0 Å². The molecule has 28 heavy (non-hydrogen) atoms. The van der Waals surface area contributed by atoms with Crippen molar-refractivity contribution in [1.29, 1.82) is 0 Å². The molecule has 1 aliphatic heterocycles. The lowest BCUT2D eigenvalue weighted by molar-refractivity contribution is -0.136. The second-order valence-electron chi connectivity index (χ2n) is 6.92. The highest BCUT2D eigenvalue weighted by atomic mass is 16.2. The first-order chi connectivity index (χ1) is 13.5. The number of pyridine rings is 1. The molecule has 0 radical (unpaired) electrons. The lowest BCUT2D eigenvalue weighted by atomic mass is 10.1. The van der Waals surface area contributed by atoms with Crippen LogP contribution in [-0.2, 0) is 22.6 Å². The fourth-order valence-corrected chi connectivity index (χ4v) is 3.28. The van der Waals surface area contributed by atoms with Crippen LogP contribution in [0.2, 0.25) is 0 Å². The molecule has 146 valence electrons. The SMILES string of the molecule is CN1C(=O)[C@H](CC(=O)N(CCc2ccccc2)Cc2cccnc2)N(C)C1=O. The molecule has 0 bridgehead atoms. The summed E-state index contributed by atoms with van der Waals surface area (Å²) in [5.74, 6) is -0.502. The Labute approximate surface area is 164 Å². The predicted octanol–water partition coefficient (Wildman–Crippen LogP) is 1.94. The van der Waals surface area contributed by atoms with Crippen molar-refractivity contribution in [2.24, 2.45) is 0 Å². The standard InChI is InChI=1S/C21H24N4O3/c1-23-18(20(27)24(2)21(23)28)13-19(26)25(15-17-9-6-11-22-14-17)12-10-16-7-4-3-5-8-16/h3-9,11,14,18H,10,12-13,15H2,1-2H3/t18-/m0/s1. The number of hydrogen-bond donors (Lipinski definition) is 0. The zero-order valence-electron chi connectivity index (χ0n) is 16.1. The molecule has 4 amide bonds. The molecule has 0 aliphatic carbocycles. The predicted molar refractivity (Wildman–Crippen MR) is 104 cm³/mol. The van der Waals surface area contributed by atoms with Gasteiger partial charge in [0.05, 0.1) is 6.42 Å². The number of carbonyl (C=O) groups excluding carboxylic acids is 3. The van der Waals surface area contributed by atoms with Gasteiger partial charge < -0.3 is 9.80 Å². The van der Waals surface area contributed by atoms with Gasteiger partial charge >= 0.3 is 6.03 Å². The average molecular weight is 380 g/mol. The number of rotatable bonds is 7. The number of hydrogen-bond acceptors (Lipinski definition) is 4. The van der Waals surface area contributed by atoms with E-state index in [0.717, 1.165) is 16.0 Å². The van der Waals surface area contributed by atoms with E-state index in [9.17, 15) is 14.4 Å². The molecule has 2 aromatic rings. The molecule has 1 saturated heterocycles. The van der Waals surface area contributed by atoms with Gasteiger partial charge in [0, 0.05) is 39.6 Å². The summed E-state index contributed by atoms with van der Waals surface area (Å²) in [5.41, 5.74) is 2.05. The van der Waals surface area contributed by atoms with Crippen molar-refractivity contribution < 1.29 is 14.4 Å². The van der Waals surface area contributed by atoms with Gasteiger partial charge in [0.1, 0.15) is 6.04 Å². The molecule has 1 aromatic heterocycles. The Morgan fingerprint density at radius 3 is 2.39 bits per heavy atom. The van der Waals surface area contributed by atoms with Crippen LogP contribution < -0.4 is 0 Å². The minimum atomic E-state index is -0.752. The first-order valence-electron chi connectivity index (χ1n) is 9.22. The second kappa shape index (κ2) is 8.65. The number of imide groups is 1. The smallest absolute Gasteiger partial charge is 0.326 e. The third kappa shape index (κ3) is 4.36. The van der Waals surface area contributed by atoms with E-state index in [1.807, 2.05) is 42.5 Å². The lowest BCUT2D eigenvalue weighted by Crippen LogP contribution is -2.40. The Morgan fingerprint density at radius 2 is 1.79 bits per heavy atom. The van der Waals surface area contributed by atoms with Gasteiger partial charge in [0.2, 0.25) is 5.91 Å². The summed E-state index contributed by atoms with van der Waals surface area (Å²) in [5, 5.41) is 0. The number of carbonyl (C=O) groups is 3. The van der Waals surface area contributed by atoms with Crippen molar-refractivity contribution in [2.45, 2.75) is 25.4 Å². The van der Waals surface area contributed by atoms with Crippen LogP contribution in [0.4, 0.5) is 4.79 Å². The van der Waals surface area contributed by atoms with Crippen molar-refractivity contribution in [2.75, 3.05) is 20.6 Å². The summed E-state index contributed by atoms with van der Waals surface area (Å²) in [6, 6.07) is 12.5. The highest BCUT2D eigenvalue weighted by molar-refractivity contribution is 6.05. The third-order valence-electron chi connectivity index (χ3n) is 5.00. The number of aromatic nitrogens is 1. The Kier molecular flexibility index (Phi) is 6.03. The monoisotopic (exact) mass is 380 g/mol. The Balaban J connectivity index is 1.72. The Hall–Kier alpha value is -3.22. The molecule has 2 heterocycles. The molecule has 0 saturated carbocycles. The zero-order valence-corrected chi connectivity index (χ0v) is 16.1. The number of urea groups is 1. The van der Waals surface area contributed by atoms with Crippen LogP contribution in [0.5, 0.6) is 0 Å². The van der Waals surface area contributed by atoms with Crippen LogP contribution in [-0.4, -0.2) is 64.2 Å². The molecular formula is C21H24N4O3. The van der Waals surface area contributed by atoms with E-state index < -0.39 is 6.04 Å². The van der Waals surface area contributed by atoms with Gasteiger partial charge in [-0.05, 0) is 23.6 Å². The van der Waals surface area contributed by atoms with E-state index in [-0.39, 0.29) is 24.3 Å². The average Bonchev–Trinajstić information content (AvgIpc) is 2.90. The highest BCUT2D eigenvalue weighted by Crippen LogP contribution is 2.18. The second-order valence-corrected chi connectivity index (χ2v) is 6.92. The normalized spacial score (nSPS) is 16.6. The number of nitrogens with zero attached hydrogens (tertiary/aromatic N) is 4. The number of amides is 4. The zero-order chi connectivity index (χ0) is 20.1. The summed E-state index contributed by atoms with van der Waals surface area (Å²) < 4.78 is 0. The topological polar surface area (TPSA) is 73.8 Å². The van der Waals surface area contributed by atoms with Crippen molar-refractivity contribution >= 4 is 17.8 Å². The maximum atomic E-state index is 13.0. The first-order valence-corrected chi connectivity index (χ1v) is 9.22. The summed E-state index contributed by atoms with van der Waals surface area (Å²) in [4.78, 5) is 45.5. The third-order valence-corrected chi connectivity index (χ3v) is 5.00. The van der Waals surface area contributed by atoms with Crippen molar-refractivity contribution in [3.8, 4) is 0 Å². The van der Waals surface area contributed by atoms with Crippen LogP contribution >= 0.6 is 0 Å². The maximum Gasteiger partial charge on any atom is 0.326 e. The summed E-state index contributed by atoms with van der Waals surface area (Å²) >= 11 is 0. The van der Waals surface area contributed by atoms with Crippen LogP contribution in [0.3, 0.4) is 0 Å². The molecule has 0 spiro atoms. The largest absolute Gasteiger partial charge is 0.338 e. The highest BCUT2D eigenvalue weighted by Gasteiger charge is 2.42. The molecule has 3 rings (SSSR count). The van der Waals surface area contributed by atoms with Gasteiger partial charge in [0.15, 0.2) is 0 Å². The fraction of sp³-hybridized carbons (Fsp3) is 0.333. The maximum absolute atomic E-state index is 13.0. The summed E-state index contributed by atoms with van der Waals surface area (Å²) in [6.07, 6.45) is 4.10. The first kappa shape index (κ1) is 19.5. The molecular weight excluding hydrogens is 356 g/mol. The quantitative estimate of drug-likeness (QED) is 0.688. The molecule has 1 aromatic carbocycles. The Bertz CT molecular complexity index is 841. The van der Waals surface area contributed by atoms with Crippen LogP contribution in [0.1, 0.15) is 17.5 Å². The van der Waals surface area contributed by atoms with E-state index >= 15 is 0 Å². The fourth-order valence-electron chi connectivity index (χ4n) is 3.28.